The molecule has 1 atom stereocenters. The van der Waals surface area contributed by atoms with Crippen LogP contribution in [0.1, 0.15) is 55.2 Å². The summed E-state index contributed by atoms with van der Waals surface area (Å²) in [4.78, 5) is 20.6. The molecule has 0 aromatic heterocycles. The zero-order valence-corrected chi connectivity index (χ0v) is 18.4. The summed E-state index contributed by atoms with van der Waals surface area (Å²) in [6, 6.07) is 6.36. The van der Waals surface area contributed by atoms with Gasteiger partial charge >= 0.3 is 0 Å². The van der Waals surface area contributed by atoms with Crippen molar-refractivity contribution in [1.29, 1.82) is 0 Å². The lowest BCUT2D eigenvalue weighted by Gasteiger charge is -2.45. The molecule has 2 spiro atoms. The van der Waals surface area contributed by atoms with Crippen LogP contribution in [-0.4, -0.2) is 50.2 Å². The van der Waals surface area contributed by atoms with Crippen LogP contribution in [0.4, 0.5) is 0 Å². The summed E-state index contributed by atoms with van der Waals surface area (Å²) in [6.45, 7) is 0.844. The van der Waals surface area contributed by atoms with Crippen LogP contribution < -0.4 is 5.73 Å². The molecule has 0 unspecified atom stereocenters. The normalized spacial score (nSPS) is 31.7. The molecule has 1 aliphatic heterocycles. The number of aliphatic imine (C=N–C) groups is 1. The van der Waals surface area contributed by atoms with E-state index in [1.165, 1.54) is 18.4 Å². The van der Waals surface area contributed by atoms with Crippen molar-refractivity contribution in [3.8, 4) is 11.8 Å². The molecular formula is C25H31N3O3. The number of amides is 1. The molecule has 6 heteroatoms. The van der Waals surface area contributed by atoms with Gasteiger partial charge in [0.25, 0.3) is 5.91 Å². The lowest BCUT2D eigenvalue weighted by Crippen LogP contribution is -2.52. The highest BCUT2D eigenvalue weighted by Gasteiger charge is 2.66. The third-order valence-electron chi connectivity index (χ3n) is 7.65. The van der Waals surface area contributed by atoms with Crippen LogP contribution in [0, 0.1) is 23.2 Å². The van der Waals surface area contributed by atoms with Gasteiger partial charge in [0.15, 0.2) is 11.5 Å². The smallest absolute Gasteiger partial charge is 0.262 e. The average molecular weight is 422 g/mol. The van der Waals surface area contributed by atoms with E-state index in [-0.39, 0.29) is 17.4 Å². The number of ether oxygens (including phenoxy) is 2. The standard InChI is InChI=1S/C25H31N3O3/c1-30-14-13-28-22(29)25(27-23(28)26)21-15-18(6-5-17-3-4-17)7-8-19(21)16-24(25)11-9-20(31-2)10-12-24/h7-8,15,17,20H,3-4,9-14,16H2,1-2H3,(H2,26,27)/t20?,24?,25-/m1/s1. The molecule has 164 valence electrons. The Hall–Kier alpha value is -2.36. The first-order valence-corrected chi connectivity index (χ1v) is 11.4. The van der Waals surface area contributed by atoms with Gasteiger partial charge in [-0.3, -0.25) is 9.69 Å². The Labute approximate surface area is 184 Å². The van der Waals surface area contributed by atoms with Gasteiger partial charge in [-0.25, -0.2) is 4.99 Å². The number of hydrogen-bond donors (Lipinski definition) is 1. The number of fused-ring (bicyclic) bond motifs is 3. The highest BCUT2D eigenvalue weighted by molar-refractivity contribution is 6.08. The number of carbonyl (C=O) groups excluding carboxylic acids is 1. The van der Waals surface area contributed by atoms with Crippen LogP contribution in [0.15, 0.2) is 23.2 Å². The fraction of sp³-hybridized carbons (Fsp3) is 0.600. The van der Waals surface area contributed by atoms with E-state index in [4.69, 9.17) is 20.2 Å². The predicted molar refractivity (Wildman–Crippen MR) is 118 cm³/mol. The molecule has 5 rings (SSSR count). The van der Waals surface area contributed by atoms with Gasteiger partial charge in [-0.2, -0.15) is 0 Å². The summed E-state index contributed by atoms with van der Waals surface area (Å²) in [5.74, 6) is 7.50. The van der Waals surface area contributed by atoms with Crippen LogP contribution >= 0.6 is 0 Å². The number of nitrogens with two attached hydrogens (primary N) is 1. The molecule has 31 heavy (non-hydrogen) atoms. The zero-order chi connectivity index (χ0) is 21.6. The highest BCUT2D eigenvalue weighted by Crippen LogP contribution is 2.61. The number of hydrogen-bond acceptors (Lipinski definition) is 5. The molecule has 0 saturated heterocycles. The Morgan fingerprint density at radius 1 is 1.23 bits per heavy atom. The fourth-order valence-electron chi connectivity index (χ4n) is 5.75. The van der Waals surface area contributed by atoms with Crippen molar-refractivity contribution in [2.24, 2.45) is 22.1 Å². The first-order chi connectivity index (χ1) is 15.0. The SMILES string of the molecule is COCCN1C(=O)[C@]2(N=C1N)c1cc(C#CC3CC3)ccc1CC21CCC(OC)CC1. The van der Waals surface area contributed by atoms with E-state index in [0.29, 0.717) is 25.0 Å². The van der Waals surface area contributed by atoms with Crippen molar-refractivity contribution in [2.45, 2.75) is 56.6 Å². The molecule has 1 aromatic carbocycles. The third kappa shape index (κ3) is 3.18. The number of benzene rings is 1. The van der Waals surface area contributed by atoms with E-state index >= 15 is 0 Å². The average Bonchev–Trinajstić information content (AvgIpc) is 3.53. The minimum atomic E-state index is -0.962. The van der Waals surface area contributed by atoms with Crippen LogP contribution in [0.5, 0.6) is 0 Å². The van der Waals surface area contributed by atoms with Gasteiger partial charge in [-0.15, -0.1) is 0 Å². The number of methoxy groups -OCH3 is 2. The van der Waals surface area contributed by atoms with Gasteiger partial charge < -0.3 is 15.2 Å². The van der Waals surface area contributed by atoms with E-state index in [1.54, 1.807) is 19.1 Å². The Morgan fingerprint density at radius 3 is 2.68 bits per heavy atom. The van der Waals surface area contributed by atoms with Gasteiger partial charge in [0, 0.05) is 31.1 Å². The molecule has 6 nitrogen and oxygen atoms in total. The molecule has 2 saturated carbocycles. The van der Waals surface area contributed by atoms with Crippen molar-refractivity contribution in [3.05, 3.63) is 34.9 Å². The molecule has 2 N–H and O–H groups in total. The highest BCUT2D eigenvalue weighted by atomic mass is 16.5. The van der Waals surface area contributed by atoms with Gasteiger partial charge in [0.1, 0.15) is 0 Å². The second-order valence-corrected chi connectivity index (χ2v) is 9.44. The molecule has 1 aromatic rings. The topological polar surface area (TPSA) is 77.2 Å². The third-order valence-corrected chi connectivity index (χ3v) is 7.65. The summed E-state index contributed by atoms with van der Waals surface area (Å²) in [7, 11) is 3.41. The Balaban J connectivity index is 1.59. The minimum absolute atomic E-state index is 0.0102. The summed E-state index contributed by atoms with van der Waals surface area (Å²) in [5.41, 5.74) is 8.29. The van der Waals surface area contributed by atoms with Gasteiger partial charge in [-0.05, 0) is 68.2 Å². The van der Waals surface area contributed by atoms with E-state index < -0.39 is 5.54 Å². The van der Waals surface area contributed by atoms with Gasteiger partial charge in [0.2, 0.25) is 0 Å². The second kappa shape index (κ2) is 7.65. The summed E-state index contributed by atoms with van der Waals surface area (Å²) in [6.07, 6.45) is 7.12. The number of carbonyl (C=O) groups is 1. The number of rotatable bonds is 4. The van der Waals surface area contributed by atoms with E-state index in [2.05, 4.69) is 30.0 Å². The Kier molecular flexibility index (Phi) is 5.07. The Bertz CT molecular complexity index is 979. The molecule has 1 amide bonds. The lowest BCUT2D eigenvalue weighted by atomic mass is 9.61. The molecule has 2 fully saturated rings. The summed E-state index contributed by atoms with van der Waals surface area (Å²) in [5, 5.41) is 0. The van der Waals surface area contributed by atoms with Crippen LogP contribution in [0.3, 0.4) is 0 Å². The molecule has 3 aliphatic carbocycles. The zero-order valence-electron chi connectivity index (χ0n) is 18.4. The van der Waals surface area contributed by atoms with Crippen molar-refractivity contribution in [3.63, 3.8) is 0 Å². The largest absolute Gasteiger partial charge is 0.383 e. The van der Waals surface area contributed by atoms with Crippen molar-refractivity contribution >= 4 is 11.9 Å². The van der Waals surface area contributed by atoms with Crippen molar-refractivity contribution < 1.29 is 14.3 Å². The quantitative estimate of drug-likeness (QED) is 0.758. The van der Waals surface area contributed by atoms with Gasteiger partial charge in [0.05, 0.1) is 19.3 Å². The maximum absolute atomic E-state index is 14.0. The second-order valence-electron chi connectivity index (χ2n) is 9.44. The molecule has 0 radical (unpaired) electrons. The van der Waals surface area contributed by atoms with E-state index in [1.807, 2.05) is 0 Å². The van der Waals surface area contributed by atoms with Crippen molar-refractivity contribution in [2.75, 3.05) is 27.4 Å². The summed E-state index contributed by atoms with van der Waals surface area (Å²) < 4.78 is 10.9. The maximum Gasteiger partial charge on any atom is 0.262 e. The molecule has 0 bridgehead atoms. The van der Waals surface area contributed by atoms with Crippen LogP contribution in [-0.2, 0) is 26.2 Å². The molecule has 1 heterocycles. The monoisotopic (exact) mass is 421 g/mol. The summed E-state index contributed by atoms with van der Waals surface area (Å²) >= 11 is 0. The van der Waals surface area contributed by atoms with Crippen LogP contribution in [0.25, 0.3) is 0 Å². The first-order valence-electron chi connectivity index (χ1n) is 11.4. The lowest BCUT2D eigenvalue weighted by molar-refractivity contribution is -0.138. The van der Waals surface area contributed by atoms with Gasteiger partial charge in [-0.1, -0.05) is 17.9 Å². The van der Waals surface area contributed by atoms with Crippen LogP contribution in [0.2, 0.25) is 0 Å². The molecule has 4 aliphatic rings. The molecular weight excluding hydrogens is 390 g/mol. The maximum atomic E-state index is 14.0. The van der Waals surface area contributed by atoms with E-state index in [0.717, 1.165) is 43.2 Å². The van der Waals surface area contributed by atoms with E-state index in [9.17, 15) is 4.79 Å². The number of nitrogens with zero attached hydrogens (tertiary/aromatic N) is 2. The van der Waals surface area contributed by atoms with Crippen molar-refractivity contribution in [1.82, 2.24) is 4.90 Å². The minimum Gasteiger partial charge on any atom is -0.383 e. The first kappa shape index (κ1) is 20.5. The number of guanidine groups is 1. The predicted octanol–water partition coefficient (Wildman–Crippen LogP) is 2.58. The fourth-order valence-corrected chi connectivity index (χ4v) is 5.75. The Morgan fingerprint density at radius 2 is 2.00 bits per heavy atom.